The standard InChI is InChI=1S/C14H11BrClFO2/c1-19-13-7-12(17)11(15)6-10(13)14(18)8-2-4-9(16)5-3-8/h2-7,14,18H,1H3. The molecule has 100 valence electrons. The smallest absolute Gasteiger partial charge is 0.141 e. The molecule has 5 heteroatoms. The van der Waals surface area contributed by atoms with Crippen LogP contribution in [0.25, 0.3) is 0 Å². The van der Waals surface area contributed by atoms with Crippen molar-refractivity contribution in [3.8, 4) is 5.75 Å². The predicted molar refractivity (Wildman–Crippen MR) is 76.2 cm³/mol. The molecule has 0 saturated heterocycles. The van der Waals surface area contributed by atoms with E-state index in [2.05, 4.69) is 15.9 Å². The highest BCUT2D eigenvalue weighted by molar-refractivity contribution is 9.10. The van der Waals surface area contributed by atoms with E-state index in [4.69, 9.17) is 16.3 Å². The quantitative estimate of drug-likeness (QED) is 0.897. The van der Waals surface area contributed by atoms with Crippen molar-refractivity contribution in [1.29, 1.82) is 0 Å². The molecule has 19 heavy (non-hydrogen) atoms. The Bertz CT molecular complexity index is 587. The fourth-order valence-corrected chi connectivity index (χ4v) is 2.25. The van der Waals surface area contributed by atoms with E-state index in [1.807, 2.05) is 0 Å². The van der Waals surface area contributed by atoms with E-state index in [-0.39, 0.29) is 4.47 Å². The minimum Gasteiger partial charge on any atom is -0.496 e. The van der Waals surface area contributed by atoms with Crippen LogP contribution in [0.4, 0.5) is 4.39 Å². The van der Waals surface area contributed by atoms with Gasteiger partial charge < -0.3 is 9.84 Å². The van der Waals surface area contributed by atoms with Gasteiger partial charge in [0.25, 0.3) is 0 Å². The van der Waals surface area contributed by atoms with Gasteiger partial charge in [-0.3, -0.25) is 0 Å². The monoisotopic (exact) mass is 344 g/mol. The summed E-state index contributed by atoms with van der Waals surface area (Å²) in [5.74, 6) is -0.146. The van der Waals surface area contributed by atoms with Crippen molar-refractivity contribution in [2.24, 2.45) is 0 Å². The van der Waals surface area contributed by atoms with E-state index >= 15 is 0 Å². The first-order valence-electron chi connectivity index (χ1n) is 5.49. The first-order valence-corrected chi connectivity index (χ1v) is 6.66. The molecule has 0 aliphatic heterocycles. The minimum atomic E-state index is -0.913. The van der Waals surface area contributed by atoms with E-state index in [0.29, 0.717) is 21.9 Å². The molecule has 0 aromatic heterocycles. The molecule has 1 unspecified atom stereocenters. The summed E-state index contributed by atoms with van der Waals surface area (Å²) in [6.45, 7) is 0. The summed E-state index contributed by atoms with van der Waals surface area (Å²) in [7, 11) is 1.43. The van der Waals surface area contributed by atoms with Gasteiger partial charge in [-0.15, -0.1) is 0 Å². The lowest BCUT2D eigenvalue weighted by Gasteiger charge is -2.16. The van der Waals surface area contributed by atoms with E-state index in [0.717, 1.165) is 0 Å². The van der Waals surface area contributed by atoms with Gasteiger partial charge in [-0.05, 0) is 39.7 Å². The van der Waals surface area contributed by atoms with Crippen molar-refractivity contribution in [2.75, 3.05) is 7.11 Å². The van der Waals surface area contributed by atoms with Crippen LogP contribution < -0.4 is 4.74 Å². The van der Waals surface area contributed by atoms with Crippen molar-refractivity contribution < 1.29 is 14.2 Å². The second-order valence-electron chi connectivity index (χ2n) is 3.96. The lowest BCUT2D eigenvalue weighted by Crippen LogP contribution is -2.03. The molecule has 0 spiro atoms. The van der Waals surface area contributed by atoms with Crippen LogP contribution in [0.5, 0.6) is 5.75 Å². The Labute approximate surface area is 123 Å². The normalized spacial score (nSPS) is 12.3. The van der Waals surface area contributed by atoms with E-state index in [9.17, 15) is 9.50 Å². The minimum absolute atomic E-state index is 0.274. The predicted octanol–water partition coefficient (Wildman–Crippen LogP) is 4.33. The molecule has 2 aromatic carbocycles. The van der Waals surface area contributed by atoms with Crippen LogP contribution in [0.15, 0.2) is 40.9 Å². The van der Waals surface area contributed by atoms with Gasteiger partial charge >= 0.3 is 0 Å². The highest BCUT2D eigenvalue weighted by Gasteiger charge is 2.18. The summed E-state index contributed by atoms with van der Waals surface area (Å²) < 4.78 is 18.8. The fraction of sp³-hybridized carbons (Fsp3) is 0.143. The Balaban J connectivity index is 2.45. The van der Waals surface area contributed by atoms with E-state index in [1.165, 1.54) is 19.2 Å². The summed E-state index contributed by atoms with van der Waals surface area (Å²) in [5, 5.41) is 10.9. The molecule has 0 heterocycles. The van der Waals surface area contributed by atoms with E-state index in [1.54, 1.807) is 24.3 Å². The fourth-order valence-electron chi connectivity index (χ4n) is 1.76. The SMILES string of the molecule is COc1cc(F)c(Br)cc1C(O)c1ccc(Cl)cc1. The Hall–Kier alpha value is -1.10. The molecule has 2 rings (SSSR count). The summed E-state index contributed by atoms with van der Waals surface area (Å²) in [4.78, 5) is 0. The molecule has 2 aromatic rings. The number of aliphatic hydroxyl groups is 1. The maximum Gasteiger partial charge on any atom is 0.141 e. The average molecular weight is 346 g/mol. The van der Waals surface area contributed by atoms with Crippen LogP contribution >= 0.6 is 27.5 Å². The summed E-state index contributed by atoms with van der Waals surface area (Å²) >= 11 is 8.90. The third kappa shape index (κ3) is 3.08. The largest absolute Gasteiger partial charge is 0.496 e. The molecule has 0 radical (unpaired) electrons. The lowest BCUT2D eigenvalue weighted by atomic mass is 10.0. The first-order chi connectivity index (χ1) is 9.02. The maximum atomic E-state index is 13.4. The average Bonchev–Trinajstić information content (AvgIpc) is 2.41. The number of hydrogen-bond donors (Lipinski definition) is 1. The zero-order chi connectivity index (χ0) is 14.0. The van der Waals surface area contributed by atoms with Gasteiger partial charge in [-0.1, -0.05) is 23.7 Å². The highest BCUT2D eigenvalue weighted by atomic mass is 79.9. The molecule has 0 amide bonds. The number of hydrogen-bond acceptors (Lipinski definition) is 2. The topological polar surface area (TPSA) is 29.5 Å². The molecule has 0 saturated carbocycles. The number of benzene rings is 2. The second-order valence-corrected chi connectivity index (χ2v) is 5.25. The van der Waals surface area contributed by atoms with Gasteiger partial charge in [0, 0.05) is 16.7 Å². The van der Waals surface area contributed by atoms with E-state index < -0.39 is 11.9 Å². The molecule has 0 fully saturated rings. The van der Waals surface area contributed by atoms with Crippen LogP contribution in [-0.4, -0.2) is 12.2 Å². The van der Waals surface area contributed by atoms with Crippen molar-refractivity contribution >= 4 is 27.5 Å². The van der Waals surface area contributed by atoms with Crippen molar-refractivity contribution in [3.63, 3.8) is 0 Å². The molecule has 0 aliphatic carbocycles. The van der Waals surface area contributed by atoms with Crippen LogP contribution in [-0.2, 0) is 0 Å². The summed E-state index contributed by atoms with van der Waals surface area (Å²) in [6.07, 6.45) is -0.913. The van der Waals surface area contributed by atoms with Gasteiger partial charge in [-0.25, -0.2) is 4.39 Å². The number of halogens is 3. The van der Waals surface area contributed by atoms with Gasteiger partial charge in [0.05, 0.1) is 11.6 Å². The molecular weight excluding hydrogens is 335 g/mol. The first kappa shape index (κ1) is 14.3. The molecule has 2 nitrogen and oxygen atoms in total. The van der Waals surface area contributed by atoms with Crippen molar-refractivity contribution in [1.82, 2.24) is 0 Å². The second kappa shape index (κ2) is 5.90. The van der Waals surface area contributed by atoms with Crippen LogP contribution in [0, 0.1) is 5.82 Å². The Kier molecular flexibility index (Phi) is 4.45. The number of rotatable bonds is 3. The zero-order valence-corrected chi connectivity index (χ0v) is 12.4. The summed E-state index contributed by atoms with van der Waals surface area (Å²) in [5.41, 5.74) is 1.14. The molecular formula is C14H11BrClFO2. The Morgan fingerprint density at radius 1 is 1.26 bits per heavy atom. The lowest BCUT2D eigenvalue weighted by molar-refractivity contribution is 0.214. The van der Waals surface area contributed by atoms with Crippen LogP contribution in [0.3, 0.4) is 0 Å². The molecule has 1 atom stereocenters. The number of ether oxygens (including phenoxy) is 1. The summed E-state index contributed by atoms with van der Waals surface area (Å²) in [6, 6.07) is 9.54. The third-order valence-corrected chi connectivity index (χ3v) is 3.61. The van der Waals surface area contributed by atoms with Gasteiger partial charge in [0.15, 0.2) is 0 Å². The van der Waals surface area contributed by atoms with Crippen LogP contribution in [0.1, 0.15) is 17.2 Å². The number of methoxy groups -OCH3 is 1. The van der Waals surface area contributed by atoms with Crippen molar-refractivity contribution in [3.05, 3.63) is 62.8 Å². The Morgan fingerprint density at radius 2 is 1.89 bits per heavy atom. The van der Waals surface area contributed by atoms with Gasteiger partial charge in [0.2, 0.25) is 0 Å². The van der Waals surface area contributed by atoms with Crippen molar-refractivity contribution in [2.45, 2.75) is 6.10 Å². The maximum absolute atomic E-state index is 13.4. The van der Waals surface area contributed by atoms with Gasteiger partial charge in [-0.2, -0.15) is 0 Å². The third-order valence-electron chi connectivity index (χ3n) is 2.75. The zero-order valence-electron chi connectivity index (χ0n) is 10.0. The molecule has 1 N–H and O–H groups in total. The highest BCUT2D eigenvalue weighted by Crippen LogP contribution is 2.34. The van der Waals surface area contributed by atoms with Crippen LogP contribution in [0.2, 0.25) is 5.02 Å². The number of aliphatic hydroxyl groups excluding tert-OH is 1. The molecule has 0 aliphatic rings. The van der Waals surface area contributed by atoms with Gasteiger partial charge in [0.1, 0.15) is 17.7 Å². The Morgan fingerprint density at radius 3 is 2.47 bits per heavy atom. The molecule has 0 bridgehead atoms.